The predicted molar refractivity (Wildman–Crippen MR) is 115 cm³/mol. The predicted octanol–water partition coefficient (Wildman–Crippen LogP) is 4.04. The number of pyridine rings is 1. The number of aryl methyl sites for hydroxylation is 1. The van der Waals surface area contributed by atoms with E-state index in [-0.39, 0.29) is 18.5 Å². The van der Waals surface area contributed by atoms with Gasteiger partial charge in [-0.2, -0.15) is 4.98 Å². The number of ether oxygens (including phenoxy) is 2. The van der Waals surface area contributed by atoms with E-state index in [4.69, 9.17) is 9.47 Å². The van der Waals surface area contributed by atoms with Crippen LogP contribution in [0.5, 0.6) is 11.8 Å². The molecule has 160 valence electrons. The molecule has 0 aliphatic carbocycles. The molecule has 0 amide bonds. The molecule has 0 aliphatic rings. The van der Waals surface area contributed by atoms with Crippen LogP contribution in [0.2, 0.25) is 0 Å². The topological polar surface area (TPSA) is 86.5 Å². The van der Waals surface area contributed by atoms with Crippen molar-refractivity contribution in [3.63, 3.8) is 0 Å². The summed E-state index contributed by atoms with van der Waals surface area (Å²) >= 11 is 0. The van der Waals surface area contributed by atoms with Gasteiger partial charge in [-0.1, -0.05) is 6.07 Å². The minimum absolute atomic E-state index is 0.00751. The summed E-state index contributed by atoms with van der Waals surface area (Å²) in [5.41, 5.74) is 3.51. The Morgan fingerprint density at radius 2 is 2.00 bits per heavy atom. The minimum Gasteiger partial charge on any atom is -0.496 e. The lowest BCUT2D eigenvalue weighted by atomic mass is 10.1. The van der Waals surface area contributed by atoms with Crippen molar-refractivity contribution in [3.8, 4) is 22.9 Å². The van der Waals surface area contributed by atoms with E-state index in [9.17, 15) is 4.39 Å². The Kier molecular flexibility index (Phi) is 5.66. The van der Waals surface area contributed by atoms with Crippen LogP contribution in [0, 0.1) is 12.7 Å². The molecule has 0 radical (unpaired) electrons. The molecular formula is C22H23FN6O2. The molecule has 0 saturated carbocycles. The lowest BCUT2D eigenvalue weighted by Crippen LogP contribution is -2.09. The Balaban J connectivity index is 1.66. The normalized spacial score (nSPS) is 11.2. The van der Waals surface area contributed by atoms with Gasteiger partial charge in [0.1, 0.15) is 23.7 Å². The number of nitrogens with zero attached hydrogens (tertiary/aromatic N) is 5. The average molecular weight is 422 g/mol. The highest BCUT2D eigenvalue weighted by Gasteiger charge is 2.15. The van der Waals surface area contributed by atoms with Crippen molar-refractivity contribution in [2.45, 2.75) is 33.4 Å². The molecule has 8 nitrogen and oxygen atoms in total. The fourth-order valence-corrected chi connectivity index (χ4v) is 3.32. The molecule has 9 heteroatoms. The highest BCUT2D eigenvalue weighted by Crippen LogP contribution is 2.29. The molecule has 0 bridgehead atoms. The molecule has 0 saturated heterocycles. The summed E-state index contributed by atoms with van der Waals surface area (Å²) in [6.45, 7) is 5.99. The second kappa shape index (κ2) is 8.55. The van der Waals surface area contributed by atoms with Gasteiger partial charge in [-0.15, -0.1) is 10.2 Å². The Labute approximate surface area is 179 Å². The molecule has 0 spiro atoms. The second-order valence-electron chi connectivity index (χ2n) is 7.25. The van der Waals surface area contributed by atoms with Crippen LogP contribution < -0.4 is 14.8 Å². The SMILES string of the molecule is COc1cccc(F)c1CNc1ccc(-c2cnc(OC(C)C)nc2C)c2nncn12. The van der Waals surface area contributed by atoms with Crippen LogP contribution in [0.4, 0.5) is 10.2 Å². The zero-order valence-electron chi connectivity index (χ0n) is 17.8. The number of benzene rings is 1. The van der Waals surface area contributed by atoms with Crippen LogP contribution in [-0.2, 0) is 6.54 Å². The Morgan fingerprint density at radius 3 is 2.74 bits per heavy atom. The number of hydrogen-bond donors (Lipinski definition) is 1. The largest absolute Gasteiger partial charge is 0.496 e. The van der Waals surface area contributed by atoms with Crippen LogP contribution >= 0.6 is 0 Å². The van der Waals surface area contributed by atoms with E-state index in [0.29, 0.717) is 28.8 Å². The van der Waals surface area contributed by atoms with Gasteiger partial charge in [0.05, 0.1) is 18.9 Å². The Bertz CT molecular complexity index is 1220. The molecule has 0 aliphatic heterocycles. The quantitative estimate of drug-likeness (QED) is 0.481. The minimum atomic E-state index is -0.333. The molecule has 1 N–H and O–H groups in total. The summed E-state index contributed by atoms with van der Waals surface area (Å²) in [7, 11) is 1.52. The number of hydrogen-bond acceptors (Lipinski definition) is 7. The first-order valence-corrected chi connectivity index (χ1v) is 9.86. The van der Waals surface area contributed by atoms with Crippen LogP contribution in [0.25, 0.3) is 16.8 Å². The smallest absolute Gasteiger partial charge is 0.316 e. The summed E-state index contributed by atoms with van der Waals surface area (Å²) in [5.74, 6) is 0.868. The van der Waals surface area contributed by atoms with Gasteiger partial charge >= 0.3 is 6.01 Å². The molecule has 31 heavy (non-hydrogen) atoms. The summed E-state index contributed by atoms with van der Waals surface area (Å²) in [6, 6.07) is 8.90. The highest BCUT2D eigenvalue weighted by molar-refractivity contribution is 5.79. The van der Waals surface area contributed by atoms with Crippen molar-refractivity contribution >= 4 is 11.5 Å². The third kappa shape index (κ3) is 4.11. The first-order chi connectivity index (χ1) is 15.0. The van der Waals surface area contributed by atoms with Gasteiger partial charge in [-0.3, -0.25) is 4.40 Å². The Morgan fingerprint density at radius 1 is 1.16 bits per heavy atom. The molecular weight excluding hydrogens is 399 g/mol. The maximum Gasteiger partial charge on any atom is 0.316 e. The molecule has 4 rings (SSSR count). The number of anilines is 1. The summed E-state index contributed by atoms with van der Waals surface area (Å²) < 4.78 is 26.9. The number of fused-ring (bicyclic) bond motifs is 1. The van der Waals surface area contributed by atoms with E-state index in [1.165, 1.54) is 13.2 Å². The van der Waals surface area contributed by atoms with E-state index in [1.807, 2.05) is 32.9 Å². The lowest BCUT2D eigenvalue weighted by Gasteiger charge is -2.14. The van der Waals surface area contributed by atoms with Crippen molar-refractivity contribution in [2.24, 2.45) is 0 Å². The monoisotopic (exact) mass is 422 g/mol. The third-order valence-corrected chi connectivity index (χ3v) is 4.79. The van der Waals surface area contributed by atoms with Crippen molar-refractivity contribution in [1.29, 1.82) is 0 Å². The standard InChI is InChI=1S/C22H23FN6O2/c1-13(2)31-22-25-10-16(14(3)27-22)15-8-9-20(29-12-26-28-21(15)29)24-11-17-18(23)6-5-7-19(17)30-4/h5-10,12-13,24H,11H2,1-4H3. The second-order valence-corrected chi connectivity index (χ2v) is 7.25. The highest BCUT2D eigenvalue weighted by atomic mass is 19.1. The summed E-state index contributed by atoms with van der Waals surface area (Å²) in [6.07, 6.45) is 3.32. The molecule has 0 fully saturated rings. The van der Waals surface area contributed by atoms with E-state index >= 15 is 0 Å². The lowest BCUT2D eigenvalue weighted by molar-refractivity contribution is 0.221. The van der Waals surface area contributed by atoms with Gasteiger partial charge in [0, 0.05) is 29.4 Å². The van der Waals surface area contributed by atoms with Crippen molar-refractivity contribution in [1.82, 2.24) is 24.6 Å². The maximum absolute atomic E-state index is 14.3. The maximum atomic E-state index is 14.3. The van der Waals surface area contributed by atoms with Crippen molar-refractivity contribution < 1.29 is 13.9 Å². The molecule has 0 unspecified atom stereocenters. The van der Waals surface area contributed by atoms with Gasteiger partial charge in [-0.05, 0) is 45.0 Å². The third-order valence-electron chi connectivity index (χ3n) is 4.79. The van der Waals surface area contributed by atoms with Gasteiger partial charge in [0.15, 0.2) is 5.65 Å². The van der Waals surface area contributed by atoms with Crippen LogP contribution in [0.15, 0.2) is 42.9 Å². The fraction of sp³-hybridized carbons (Fsp3) is 0.273. The average Bonchev–Trinajstić information content (AvgIpc) is 3.23. The zero-order valence-corrected chi connectivity index (χ0v) is 17.8. The first kappa shape index (κ1) is 20.5. The summed E-state index contributed by atoms with van der Waals surface area (Å²) in [4.78, 5) is 8.76. The molecule has 3 aromatic heterocycles. The Hall–Kier alpha value is -3.75. The summed E-state index contributed by atoms with van der Waals surface area (Å²) in [5, 5.41) is 11.6. The van der Waals surface area contributed by atoms with Crippen molar-refractivity contribution in [2.75, 3.05) is 12.4 Å². The van der Waals surface area contributed by atoms with Gasteiger partial charge in [0.25, 0.3) is 0 Å². The molecule has 0 atom stereocenters. The van der Waals surface area contributed by atoms with Gasteiger partial charge in [0.2, 0.25) is 0 Å². The first-order valence-electron chi connectivity index (χ1n) is 9.86. The van der Waals surface area contributed by atoms with Crippen LogP contribution in [0.1, 0.15) is 25.1 Å². The zero-order chi connectivity index (χ0) is 22.0. The molecule has 4 aromatic rings. The number of methoxy groups -OCH3 is 1. The van der Waals surface area contributed by atoms with E-state index in [1.54, 1.807) is 29.1 Å². The molecule has 1 aromatic carbocycles. The van der Waals surface area contributed by atoms with E-state index in [2.05, 4.69) is 25.5 Å². The van der Waals surface area contributed by atoms with Crippen molar-refractivity contribution in [3.05, 3.63) is 59.9 Å². The number of aromatic nitrogens is 5. The number of halogens is 1. The fourth-order valence-electron chi connectivity index (χ4n) is 3.32. The van der Waals surface area contributed by atoms with E-state index < -0.39 is 0 Å². The van der Waals surface area contributed by atoms with Crippen LogP contribution in [0.3, 0.4) is 0 Å². The van der Waals surface area contributed by atoms with Gasteiger partial charge in [-0.25, -0.2) is 9.37 Å². The molecule has 3 heterocycles. The van der Waals surface area contributed by atoms with Gasteiger partial charge < -0.3 is 14.8 Å². The number of rotatable bonds is 7. The number of nitrogens with one attached hydrogen (secondary N) is 1. The van der Waals surface area contributed by atoms with E-state index in [0.717, 1.165) is 16.8 Å². The van der Waals surface area contributed by atoms with Crippen LogP contribution in [-0.4, -0.2) is 37.8 Å².